The van der Waals surface area contributed by atoms with Crippen molar-refractivity contribution in [3.8, 4) is 0 Å². The van der Waals surface area contributed by atoms with Crippen molar-refractivity contribution in [3.63, 3.8) is 0 Å². The van der Waals surface area contributed by atoms with Crippen LogP contribution in [-0.2, 0) is 4.79 Å². The Morgan fingerprint density at radius 3 is 2.77 bits per heavy atom. The summed E-state index contributed by atoms with van der Waals surface area (Å²) in [5.74, 6) is -1.30. The van der Waals surface area contributed by atoms with Crippen molar-refractivity contribution in [1.82, 2.24) is 9.88 Å². The predicted molar refractivity (Wildman–Crippen MR) is 83.1 cm³/mol. The third-order valence-electron chi connectivity index (χ3n) is 3.92. The number of carboxylic acids is 1. The molecule has 0 saturated carbocycles. The number of fused-ring (bicyclic) bond motifs is 1. The summed E-state index contributed by atoms with van der Waals surface area (Å²) in [5.41, 5.74) is 0.880. The Kier molecular flexibility index (Phi) is 3.98. The van der Waals surface area contributed by atoms with Crippen LogP contribution < -0.4 is 0 Å². The monoisotopic (exact) mass is 318 g/mol. The molecule has 1 unspecified atom stereocenters. The lowest BCUT2D eigenvalue weighted by Crippen LogP contribution is -2.48. The molecule has 5 nitrogen and oxygen atoms in total. The number of hydrogen-bond donors (Lipinski definition) is 1. The third kappa shape index (κ3) is 2.76. The number of rotatable bonds is 2. The number of pyridine rings is 1. The largest absolute Gasteiger partial charge is 0.480 e. The van der Waals surface area contributed by atoms with Gasteiger partial charge in [0.2, 0.25) is 0 Å². The molecule has 0 spiro atoms. The summed E-state index contributed by atoms with van der Waals surface area (Å²) in [6, 6.07) is 7.95. The molecule has 1 N–H and O–H groups in total. The SMILES string of the molecule is O=C(O)C1CCCCN1C(=O)c1ccc2ccc(Cl)cc2n1. The standard InChI is InChI=1S/C16H15ClN2O3/c17-11-6-4-10-5-7-12(18-13(10)9-11)15(20)19-8-2-1-3-14(19)16(21)22/h4-7,9,14H,1-3,8H2,(H,21,22). The van der Waals surface area contributed by atoms with E-state index in [9.17, 15) is 14.7 Å². The third-order valence-corrected chi connectivity index (χ3v) is 4.16. The first-order valence-corrected chi connectivity index (χ1v) is 7.54. The molecule has 22 heavy (non-hydrogen) atoms. The summed E-state index contributed by atoms with van der Waals surface area (Å²) in [6.45, 7) is 0.449. The molecule has 1 fully saturated rings. The second kappa shape index (κ2) is 5.93. The summed E-state index contributed by atoms with van der Waals surface area (Å²) in [7, 11) is 0. The molecule has 0 bridgehead atoms. The minimum atomic E-state index is -0.961. The molecule has 2 heterocycles. The van der Waals surface area contributed by atoms with Gasteiger partial charge in [0, 0.05) is 17.0 Å². The zero-order valence-corrected chi connectivity index (χ0v) is 12.6. The van der Waals surface area contributed by atoms with Crippen LogP contribution in [0, 0.1) is 0 Å². The van der Waals surface area contributed by atoms with E-state index >= 15 is 0 Å². The first kappa shape index (κ1) is 14.8. The van der Waals surface area contributed by atoms with Gasteiger partial charge in [-0.05, 0) is 37.5 Å². The van der Waals surface area contributed by atoms with Crippen molar-refractivity contribution in [2.75, 3.05) is 6.54 Å². The highest BCUT2D eigenvalue weighted by Crippen LogP contribution is 2.22. The number of piperidine rings is 1. The quantitative estimate of drug-likeness (QED) is 0.924. The molecule has 1 aromatic heterocycles. The number of amides is 1. The van der Waals surface area contributed by atoms with E-state index in [0.29, 0.717) is 23.5 Å². The number of benzene rings is 1. The molecular weight excluding hydrogens is 304 g/mol. The molecule has 114 valence electrons. The van der Waals surface area contributed by atoms with Gasteiger partial charge in [-0.15, -0.1) is 0 Å². The Morgan fingerprint density at radius 1 is 1.23 bits per heavy atom. The van der Waals surface area contributed by atoms with E-state index in [-0.39, 0.29) is 11.6 Å². The fourth-order valence-corrected chi connectivity index (χ4v) is 2.95. The summed E-state index contributed by atoms with van der Waals surface area (Å²) < 4.78 is 0. The number of halogens is 1. The highest BCUT2D eigenvalue weighted by molar-refractivity contribution is 6.31. The van der Waals surface area contributed by atoms with Crippen LogP contribution in [-0.4, -0.2) is 39.5 Å². The molecule has 1 aliphatic rings. The maximum atomic E-state index is 12.6. The Labute approximate surface area is 132 Å². The Bertz CT molecular complexity index is 747. The number of aromatic nitrogens is 1. The number of hydrogen-bond acceptors (Lipinski definition) is 3. The fraction of sp³-hybridized carbons (Fsp3) is 0.312. The summed E-state index contributed by atoms with van der Waals surface area (Å²) in [6.07, 6.45) is 2.12. The van der Waals surface area contributed by atoms with Crippen LogP contribution >= 0.6 is 11.6 Å². The van der Waals surface area contributed by atoms with E-state index in [0.717, 1.165) is 18.2 Å². The van der Waals surface area contributed by atoms with Crippen LogP contribution in [0.25, 0.3) is 10.9 Å². The topological polar surface area (TPSA) is 70.5 Å². The van der Waals surface area contributed by atoms with Crippen LogP contribution in [0.4, 0.5) is 0 Å². The number of likely N-dealkylation sites (tertiary alicyclic amines) is 1. The number of carboxylic acid groups (broad SMARTS) is 1. The molecule has 1 aliphatic heterocycles. The van der Waals surface area contributed by atoms with Gasteiger partial charge in [-0.25, -0.2) is 9.78 Å². The van der Waals surface area contributed by atoms with Crippen molar-refractivity contribution >= 4 is 34.4 Å². The maximum absolute atomic E-state index is 12.6. The molecule has 1 amide bonds. The molecular formula is C16H15ClN2O3. The molecule has 1 saturated heterocycles. The van der Waals surface area contributed by atoms with Crippen LogP contribution in [0.5, 0.6) is 0 Å². The van der Waals surface area contributed by atoms with Gasteiger partial charge in [-0.1, -0.05) is 23.7 Å². The first-order chi connectivity index (χ1) is 10.6. The van der Waals surface area contributed by atoms with E-state index in [1.54, 1.807) is 24.3 Å². The van der Waals surface area contributed by atoms with Crippen molar-refractivity contribution in [2.24, 2.45) is 0 Å². The molecule has 1 aromatic carbocycles. The Morgan fingerprint density at radius 2 is 2.00 bits per heavy atom. The van der Waals surface area contributed by atoms with Gasteiger partial charge >= 0.3 is 5.97 Å². The van der Waals surface area contributed by atoms with Crippen molar-refractivity contribution in [3.05, 3.63) is 41.0 Å². The van der Waals surface area contributed by atoms with Gasteiger partial charge < -0.3 is 10.0 Å². The molecule has 0 radical (unpaired) electrons. The summed E-state index contributed by atoms with van der Waals surface area (Å²) in [4.78, 5) is 29.7. The van der Waals surface area contributed by atoms with E-state index in [1.807, 2.05) is 6.07 Å². The number of nitrogens with zero attached hydrogens (tertiary/aromatic N) is 2. The molecule has 6 heteroatoms. The number of carbonyl (C=O) groups excluding carboxylic acids is 1. The van der Waals surface area contributed by atoms with Gasteiger partial charge in [0.05, 0.1) is 5.52 Å². The summed E-state index contributed by atoms with van der Waals surface area (Å²) in [5, 5.41) is 10.7. The van der Waals surface area contributed by atoms with Gasteiger partial charge in [-0.2, -0.15) is 0 Å². The highest BCUT2D eigenvalue weighted by atomic mass is 35.5. The normalized spacial score (nSPS) is 18.4. The first-order valence-electron chi connectivity index (χ1n) is 7.16. The van der Waals surface area contributed by atoms with Crippen molar-refractivity contribution < 1.29 is 14.7 Å². The van der Waals surface area contributed by atoms with Crippen molar-refractivity contribution in [2.45, 2.75) is 25.3 Å². The smallest absolute Gasteiger partial charge is 0.326 e. The van der Waals surface area contributed by atoms with E-state index < -0.39 is 12.0 Å². The Balaban J connectivity index is 1.95. The lowest BCUT2D eigenvalue weighted by molar-refractivity contribution is -0.143. The molecule has 1 atom stereocenters. The highest BCUT2D eigenvalue weighted by Gasteiger charge is 2.32. The van der Waals surface area contributed by atoms with E-state index in [1.165, 1.54) is 4.90 Å². The second-order valence-electron chi connectivity index (χ2n) is 5.38. The van der Waals surface area contributed by atoms with Gasteiger partial charge in [0.25, 0.3) is 5.91 Å². The van der Waals surface area contributed by atoms with Crippen LogP contribution in [0.15, 0.2) is 30.3 Å². The van der Waals surface area contributed by atoms with Crippen LogP contribution in [0.1, 0.15) is 29.8 Å². The van der Waals surface area contributed by atoms with Crippen LogP contribution in [0.3, 0.4) is 0 Å². The summed E-state index contributed by atoms with van der Waals surface area (Å²) >= 11 is 5.95. The lowest BCUT2D eigenvalue weighted by Gasteiger charge is -2.32. The minimum absolute atomic E-state index is 0.253. The second-order valence-corrected chi connectivity index (χ2v) is 5.82. The van der Waals surface area contributed by atoms with E-state index in [4.69, 9.17) is 11.6 Å². The van der Waals surface area contributed by atoms with Crippen molar-refractivity contribution in [1.29, 1.82) is 0 Å². The minimum Gasteiger partial charge on any atom is -0.480 e. The van der Waals surface area contributed by atoms with E-state index in [2.05, 4.69) is 4.98 Å². The van der Waals surface area contributed by atoms with Gasteiger partial charge in [-0.3, -0.25) is 4.79 Å². The number of aliphatic carboxylic acids is 1. The van der Waals surface area contributed by atoms with Gasteiger partial charge in [0.15, 0.2) is 0 Å². The fourth-order valence-electron chi connectivity index (χ4n) is 2.79. The van der Waals surface area contributed by atoms with Crippen LogP contribution in [0.2, 0.25) is 5.02 Å². The average Bonchev–Trinajstić information content (AvgIpc) is 2.53. The zero-order chi connectivity index (χ0) is 15.7. The average molecular weight is 319 g/mol. The maximum Gasteiger partial charge on any atom is 0.326 e. The molecule has 0 aliphatic carbocycles. The zero-order valence-electron chi connectivity index (χ0n) is 11.8. The molecule has 3 rings (SSSR count). The Hall–Kier alpha value is -2.14. The number of carbonyl (C=O) groups is 2. The van der Waals surface area contributed by atoms with Gasteiger partial charge in [0.1, 0.15) is 11.7 Å². The molecule has 2 aromatic rings. The lowest BCUT2D eigenvalue weighted by atomic mass is 10.0. The predicted octanol–water partition coefficient (Wildman–Crippen LogP) is 2.97.